The van der Waals surface area contributed by atoms with Gasteiger partial charge in [0.05, 0.1) is 12.4 Å². The first-order chi connectivity index (χ1) is 10.5. The van der Waals surface area contributed by atoms with E-state index in [2.05, 4.69) is 0 Å². The van der Waals surface area contributed by atoms with Crippen LogP contribution in [0.2, 0.25) is 0 Å². The summed E-state index contributed by atoms with van der Waals surface area (Å²) in [6.45, 7) is 0. The number of hydrogen-bond acceptors (Lipinski definition) is 5. The van der Waals surface area contributed by atoms with E-state index in [4.69, 9.17) is 16.2 Å². The summed E-state index contributed by atoms with van der Waals surface area (Å²) < 4.78 is 5.11. The minimum atomic E-state index is -1.32. The summed E-state index contributed by atoms with van der Waals surface area (Å²) >= 11 is 1.30. The number of hydrogen-bond donors (Lipinski definition) is 3. The molecule has 0 bridgehead atoms. The van der Waals surface area contributed by atoms with Gasteiger partial charge in [0.25, 0.3) is 0 Å². The number of carbonyl (C=O) groups excluding carboxylic acids is 1. The average Bonchev–Trinajstić information content (AvgIpc) is 2.53. The van der Waals surface area contributed by atoms with Gasteiger partial charge in [-0.2, -0.15) is 0 Å². The van der Waals surface area contributed by atoms with Gasteiger partial charge in [-0.1, -0.05) is 24.3 Å². The van der Waals surface area contributed by atoms with Crippen molar-refractivity contribution in [2.45, 2.75) is 16.2 Å². The van der Waals surface area contributed by atoms with Crippen molar-refractivity contribution in [3.8, 4) is 5.75 Å². The zero-order valence-electron chi connectivity index (χ0n) is 12.1. The van der Waals surface area contributed by atoms with E-state index in [0.717, 1.165) is 10.5 Å². The van der Waals surface area contributed by atoms with Crippen molar-refractivity contribution in [1.29, 1.82) is 0 Å². The number of benzene rings is 2. The van der Waals surface area contributed by atoms with Crippen LogP contribution in [-0.4, -0.2) is 24.2 Å². The number of methoxy groups -OCH3 is 1. The van der Waals surface area contributed by atoms with E-state index in [9.17, 15) is 9.90 Å². The third-order valence-electron chi connectivity index (χ3n) is 3.20. The van der Waals surface area contributed by atoms with Crippen LogP contribution >= 0.6 is 11.8 Å². The number of rotatable bonds is 6. The van der Waals surface area contributed by atoms with Crippen molar-refractivity contribution >= 4 is 23.4 Å². The molecule has 0 heterocycles. The molecule has 0 aliphatic carbocycles. The normalized spacial score (nSPS) is 13.4. The van der Waals surface area contributed by atoms with E-state index >= 15 is 0 Å². The third kappa shape index (κ3) is 3.72. The molecule has 0 fully saturated rings. The van der Waals surface area contributed by atoms with Crippen LogP contribution in [0.5, 0.6) is 5.75 Å². The number of carbonyl (C=O) groups is 1. The second-order valence-electron chi connectivity index (χ2n) is 4.70. The SMILES string of the molecule is COc1ccc([C@H](Sc2ccccc2N)[C@H](O)C(N)=O)cc1. The lowest BCUT2D eigenvalue weighted by atomic mass is 10.1. The molecule has 2 atom stereocenters. The van der Waals surface area contributed by atoms with Gasteiger partial charge in [-0.15, -0.1) is 11.8 Å². The van der Waals surface area contributed by atoms with Gasteiger partial charge in [-0.25, -0.2) is 0 Å². The maximum Gasteiger partial charge on any atom is 0.247 e. The van der Waals surface area contributed by atoms with Gasteiger partial charge in [-0.05, 0) is 29.8 Å². The fourth-order valence-electron chi connectivity index (χ4n) is 1.98. The van der Waals surface area contributed by atoms with E-state index in [1.165, 1.54) is 11.8 Å². The second-order valence-corrected chi connectivity index (χ2v) is 5.88. The molecule has 2 rings (SSSR count). The average molecular weight is 318 g/mol. The molecule has 0 saturated heterocycles. The summed E-state index contributed by atoms with van der Waals surface area (Å²) in [4.78, 5) is 12.2. The number of amides is 1. The number of thioether (sulfide) groups is 1. The predicted octanol–water partition coefficient (Wildman–Crippen LogP) is 1.96. The number of nitrogens with two attached hydrogens (primary N) is 2. The number of aliphatic hydroxyl groups is 1. The van der Waals surface area contributed by atoms with Crippen LogP contribution < -0.4 is 16.2 Å². The number of aliphatic hydroxyl groups excluding tert-OH is 1. The summed E-state index contributed by atoms with van der Waals surface area (Å²) in [7, 11) is 1.57. The van der Waals surface area contributed by atoms with Crippen molar-refractivity contribution in [2.24, 2.45) is 5.73 Å². The molecule has 0 aliphatic heterocycles. The van der Waals surface area contributed by atoms with Crippen LogP contribution in [0, 0.1) is 0 Å². The number of ether oxygens (including phenoxy) is 1. The maximum absolute atomic E-state index is 11.4. The van der Waals surface area contributed by atoms with Crippen LogP contribution in [0.3, 0.4) is 0 Å². The molecule has 6 heteroatoms. The quantitative estimate of drug-likeness (QED) is 0.558. The Morgan fingerprint density at radius 2 is 1.82 bits per heavy atom. The molecule has 5 nitrogen and oxygen atoms in total. The molecule has 2 aromatic carbocycles. The third-order valence-corrected chi connectivity index (χ3v) is 4.61. The van der Waals surface area contributed by atoms with E-state index in [-0.39, 0.29) is 0 Å². The lowest BCUT2D eigenvalue weighted by Gasteiger charge is -2.21. The summed E-state index contributed by atoms with van der Waals surface area (Å²) in [5.74, 6) is -0.0805. The van der Waals surface area contributed by atoms with Gasteiger partial charge in [0.1, 0.15) is 11.9 Å². The molecule has 2 aromatic rings. The molecule has 0 unspecified atom stereocenters. The molecule has 1 amide bonds. The van der Waals surface area contributed by atoms with Crippen molar-refractivity contribution in [3.63, 3.8) is 0 Å². The highest BCUT2D eigenvalue weighted by Gasteiger charge is 2.27. The number of para-hydroxylation sites is 1. The zero-order valence-corrected chi connectivity index (χ0v) is 12.9. The van der Waals surface area contributed by atoms with Crippen LogP contribution in [-0.2, 0) is 4.79 Å². The molecule has 5 N–H and O–H groups in total. The van der Waals surface area contributed by atoms with Crippen LogP contribution in [0.25, 0.3) is 0 Å². The van der Waals surface area contributed by atoms with Gasteiger partial charge in [0.2, 0.25) is 5.91 Å². The predicted molar refractivity (Wildman–Crippen MR) is 87.6 cm³/mol. The molecule has 0 saturated carbocycles. The molecular formula is C16H18N2O3S. The Bertz CT molecular complexity index is 646. The standard InChI is InChI=1S/C16H18N2O3S/c1-21-11-8-6-10(7-9-11)15(14(19)16(18)20)22-13-5-3-2-4-12(13)17/h2-9,14-15,19H,17H2,1H3,(H2,18,20)/t14-,15-/m0/s1. The summed E-state index contributed by atoms with van der Waals surface area (Å²) in [5, 5.41) is 9.60. The number of anilines is 1. The smallest absolute Gasteiger partial charge is 0.247 e. The van der Waals surface area contributed by atoms with Crippen LogP contribution in [0.1, 0.15) is 10.8 Å². The number of nitrogen functional groups attached to an aromatic ring is 1. The highest BCUT2D eigenvalue weighted by molar-refractivity contribution is 7.99. The van der Waals surface area contributed by atoms with Crippen molar-refractivity contribution in [3.05, 3.63) is 54.1 Å². The Kier molecular flexibility index (Phi) is 5.30. The van der Waals surface area contributed by atoms with Gasteiger partial charge in [0, 0.05) is 10.6 Å². The number of primary amides is 1. The first kappa shape index (κ1) is 16.2. The van der Waals surface area contributed by atoms with Gasteiger partial charge in [0.15, 0.2) is 0 Å². The Morgan fingerprint density at radius 3 is 2.36 bits per heavy atom. The first-order valence-corrected chi connectivity index (χ1v) is 7.53. The minimum Gasteiger partial charge on any atom is -0.497 e. The Balaban J connectivity index is 2.33. The molecule has 0 spiro atoms. The first-order valence-electron chi connectivity index (χ1n) is 6.65. The zero-order chi connectivity index (χ0) is 16.1. The maximum atomic E-state index is 11.4. The summed E-state index contributed by atoms with van der Waals surface area (Å²) in [5.41, 5.74) is 12.5. The molecule has 0 radical (unpaired) electrons. The van der Waals surface area contributed by atoms with Crippen molar-refractivity contribution in [2.75, 3.05) is 12.8 Å². The van der Waals surface area contributed by atoms with Gasteiger partial charge in [-0.3, -0.25) is 4.79 Å². The lowest BCUT2D eigenvalue weighted by Crippen LogP contribution is -2.32. The summed E-state index contributed by atoms with van der Waals surface area (Å²) in [6.07, 6.45) is -1.32. The largest absolute Gasteiger partial charge is 0.497 e. The highest BCUT2D eigenvalue weighted by atomic mass is 32.2. The molecule has 116 valence electrons. The van der Waals surface area contributed by atoms with E-state index in [1.54, 1.807) is 37.4 Å². The molecular weight excluding hydrogens is 300 g/mol. The summed E-state index contributed by atoms with van der Waals surface area (Å²) in [6, 6.07) is 14.4. The fourth-order valence-corrected chi connectivity index (χ4v) is 3.17. The minimum absolute atomic E-state index is 0.548. The second kappa shape index (κ2) is 7.20. The van der Waals surface area contributed by atoms with Crippen molar-refractivity contribution < 1.29 is 14.6 Å². The monoisotopic (exact) mass is 318 g/mol. The van der Waals surface area contributed by atoms with Crippen LogP contribution in [0.15, 0.2) is 53.4 Å². The van der Waals surface area contributed by atoms with Gasteiger partial charge >= 0.3 is 0 Å². The van der Waals surface area contributed by atoms with Gasteiger partial charge < -0.3 is 21.3 Å². The Hall–Kier alpha value is -2.18. The topological polar surface area (TPSA) is 98.6 Å². The van der Waals surface area contributed by atoms with E-state index < -0.39 is 17.3 Å². The van der Waals surface area contributed by atoms with Crippen molar-refractivity contribution in [1.82, 2.24) is 0 Å². The Labute approximate surface area is 133 Å². The highest BCUT2D eigenvalue weighted by Crippen LogP contribution is 2.40. The molecule has 0 aromatic heterocycles. The van der Waals surface area contributed by atoms with Crippen LogP contribution in [0.4, 0.5) is 5.69 Å². The van der Waals surface area contributed by atoms with E-state index in [1.807, 2.05) is 18.2 Å². The Morgan fingerprint density at radius 1 is 1.18 bits per heavy atom. The lowest BCUT2D eigenvalue weighted by molar-refractivity contribution is -0.126. The molecule has 22 heavy (non-hydrogen) atoms. The molecule has 0 aliphatic rings. The fraction of sp³-hybridized carbons (Fsp3) is 0.188. The van der Waals surface area contributed by atoms with E-state index in [0.29, 0.717) is 11.4 Å².